The molecule has 0 saturated carbocycles. The molecule has 2 aromatic rings. The standard InChI is InChI=1S/C22H24N2O5/c1-15-5-9-17(10-6-15)21(27)24-19(22(28)23-13-3-4-20(25)26)14-16-7-11-18(29-2)12-8-16/h5-12,14H,3-4,13H2,1-2H3,(H,23,28)(H,24,27)(H,25,26). The molecule has 0 bridgehead atoms. The Balaban J connectivity index is 2.17. The summed E-state index contributed by atoms with van der Waals surface area (Å²) >= 11 is 0. The molecule has 0 aliphatic carbocycles. The molecule has 0 spiro atoms. The van der Waals surface area contributed by atoms with Gasteiger partial charge in [-0.05, 0) is 49.2 Å². The Morgan fingerprint density at radius 1 is 1.03 bits per heavy atom. The Kier molecular flexibility index (Phi) is 7.97. The van der Waals surface area contributed by atoms with Gasteiger partial charge in [0.2, 0.25) is 0 Å². The van der Waals surface area contributed by atoms with E-state index >= 15 is 0 Å². The molecule has 0 aliphatic heterocycles. The molecule has 0 aliphatic rings. The van der Waals surface area contributed by atoms with E-state index in [0.717, 1.165) is 5.56 Å². The molecule has 0 unspecified atom stereocenters. The molecule has 0 heterocycles. The van der Waals surface area contributed by atoms with Crippen molar-refractivity contribution in [2.75, 3.05) is 13.7 Å². The number of aliphatic carboxylic acids is 1. The number of rotatable bonds is 9. The maximum atomic E-state index is 12.6. The molecule has 2 rings (SSSR count). The number of carboxylic acid groups (broad SMARTS) is 1. The minimum Gasteiger partial charge on any atom is -0.497 e. The van der Waals surface area contributed by atoms with Crippen LogP contribution >= 0.6 is 0 Å². The number of carboxylic acids is 1. The Labute approximate surface area is 169 Å². The van der Waals surface area contributed by atoms with E-state index in [-0.39, 0.29) is 18.7 Å². The normalized spacial score (nSPS) is 10.9. The third kappa shape index (κ3) is 7.14. The van der Waals surface area contributed by atoms with Crippen molar-refractivity contribution in [1.82, 2.24) is 10.6 Å². The molecule has 2 amide bonds. The number of hydrogen-bond donors (Lipinski definition) is 3. The smallest absolute Gasteiger partial charge is 0.303 e. The highest BCUT2D eigenvalue weighted by atomic mass is 16.5. The molecule has 0 saturated heterocycles. The number of ether oxygens (including phenoxy) is 1. The molecule has 7 heteroatoms. The fraction of sp³-hybridized carbons (Fsp3) is 0.227. The zero-order valence-electron chi connectivity index (χ0n) is 16.4. The van der Waals surface area contributed by atoms with Gasteiger partial charge >= 0.3 is 5.97 Å². The van der Waals surface area contributed by atoms with Gasteiger partial charge in [-0.3, -0.25) is 14.4 Å². The van der Waals surface area contributed by atoms with Crippen LogP contribution in [0, 0.1) is 6.92 Å². The largest absolute Gasteiger partial charge is 0.497 e. The second kappa shape index (κ2) is 10.7. The first kappa shape index (κ1) is 21.7. The summed E-state index contributed by atoms with van der Waals surface area (Å²) in [6.45, 7) is 2.10. The van der Waals surface area contributed by atoms with Crippen molar-refractivity contribution in [2.45, 2.75) is 19.8 Å². The predicted molar refractivity (Wildman–Crippen MR) is 109 cm³/mol. The van der Waals surface area contributed by atoms with Gasteiger partial charge in [0.25, 0.3) is 11.8 Å². The van der Waals surface area contributed by atoms with Gasteiger partial charge in [0.15, 0.2) is 0 Å². The minimum absolute atomic E-state index is 0.0481. The molecule has 0 fully saturated rings. The minimum atomic E-state index is -0.930. The first-order valence-corrected chi connectivity index (χ1v) is 9.13. The summed E-state index contributed by atoms with van der Waals surface area (Å²) in [4.78, 5) is 35.7. The number of carbonyl (C=O) groups excluding carboxylic acids is 2. The number of nitrogens with one attached hydrogen (secondary N) is 2. The van der Waals surface area contributed by atoms with E-state index in [2.05, 4.69) is 10.6 Å². The summed E-state index contributed by atoms with van der Waals surface area (Å²) in [6.07, 6.45) is 1.80. The van der Waals surface area contributed by atoms with Crippen molar-refractivity contribution < 1.29 is 24.2 Å². The van der Waals surface area contributed by atoms with Gasteiger partial charge in [-0.25, -0.2) is 0 Å². The van der Waals surface area contributed by atoms with E-state index in [4.69, 9.17) is 9.84 Å². The van der Waals surface area contributed by atoms with Crippen LogP contribution in [0.2, 0.25) is 0 Å². The molecule has 29 heavy (non-hydrogen) atoms. The monoisotopic (exact) mass is 396 g/mol. The number of hydrogen-bond acceptors (Lipinski definition) is 4. The molecular formula is C22H24N2O5. The van der Waals surface area contributed by atoms with E-state index in [1.165, 1.54) is 0 Å². The molecule has 2 aromatic carbocycles. The topological polar surface area (TPSA) is 105 Å². The summed E-state index contributed by atoms with van der Waals surface area (Å²) < 4.78 is 5.12. The summed E-state index contributed by atoms with van der Waals surface area (Å²) in [5.74, 6) is -1.16. The Hall–Kier alpha value is -3.61. The van der Waals surface area contributed by atoms with Gasteiger partial charge in [0.05, 0.1) is 7.11 Å². The fourth-order valence-electron chi connectivity index (χ4n) is 2.46. The number of benzene rings is 2. The lowest BCUT2D eigenvalue weighted by Crippen LogP contribution is -2.35. The van der Waals surface area contributed by atoms with Crippen molar-refractivity contribution in [1.29, 1.82) is 0 Å². The highest BCUT2D eigenvalue weighted by Gasteiger charge is 2.14. The summed E-state index contributed by atoms with van der Waals surface area (Å²) in [5.41, 5.74) is 2.21. The van der Waals surface area contributed by atoms with Crippen LogP contribution in [0.15, 0.2) is 54.2 Å². The van der Waals surface area contributed by atoms with E-state index in [9.17, 15) is 14.4 Å². The molecule has 7 nitrogen and oxygen atoms in total. The molecule has 152 valence electrons. The van der Waals surface area contributed by atoms with Crippen molar-refractivity contribution in [3.8, 4) is 5.75 Å². The molecule has 0 radical (unpaired) electrons. The number of amides is 2. The number of aryl methyl sites for hydroxylation is 1. The molecular weight excluding hydrogens is 372 g/mol. The van der Waals surface area contributed by atoms with Gasteiger partial charge < -0.3 is 20.5 Å². The lowest BCUT2D eigenvalue weighted by molar-refractivity contribution is -0.137. The van der Waals surface area contributed by atoms with Crippen LogP contribution in [0.3, 0.4) is 0 Å². The average Bonchev–Trinajstić information content (AvgIpc) is 2.71. The average molecular weight is 396 g/mol. The van der Waals surface area contributed by atoms with Crippen LogP contribution in [0.1, 0.15) is 34.3 Å². The van der Waals surface area contributed by atoms with E-state index in [1.54, 1.807) is 49.6 Å². The SMILES string of the molecule is COc1ccc(C=C(NC(=O)c2ccc(C)cc2)C(=O)NCCCC(=O)O)cc1. The third-order valence-corrected chi connectivity index (χ3v) is 4.09. The van der Waals surface area contributed by atoms with Crippen molar-refractivity contribution in [3.05, 3.63) is 70.9 Å². The predicted octanol–water partition coefficient (Wildman–Crippen LogP) is 2.76. The van der Waals surface area contributed by atoms with Gasteiger partial charge in [0.1, 0.15) is 11.4 Å². The Morgan fingerprint density at radius 3 is 2.28 bits per heavy atom. The van der Waals surface area contributed by atoms with E-state index < -0.39 is 17.8 Å². The Bertz CT molecular complexity index is 886. The van der Waals surface area contributed by atoms with E-state index in [1.807, 2.05) is 19.1 Å². The first-order chi connectivity index (χ1) is 13.9. The van der Waals surface area contributed by atoms with Crippen molar-refractivity contribution in [2.24, 2.45) is 0 Å². The number of carbonyl (C=O) groups is 3. The maximum Gasteiger partial charge on any atom is 0.303 e. The maximum absolute atomic E-state index is 12.6. The van der Waals surface area contributed by atoms with Gasteiger partial charge in [-0.15, -0.1) is 0 Å². The van der Waals surface area contributed by atoms with Crippen LogP contribution in [0.4, 0.5) is 0 Å². The summed E-state index contributed by atoms with van der Waals surface area (Å²) in [5, 5.41) is 14.0. The van der Waals surface area contributed by atoms with Crippen LogP contribution < -0.4 is 15.4 Å². The third-order valence-electron chi connectivity index (χ3n) is 4.09. The van der Waals surface area contributed by atoms with Crippen LogP contribution in [0.25, 0.3) is 6.08 Å². The van der Waals surface area contributed by atoms with Gasteiger partial charge in [-0.1, -0.05) is 29.8 Å². The fourth-order valence-corrected chi connectivity index (χ4v) is 2.46. The lowest BCUT2D eigenvalue weighted by atomic mass is 10.1. The van der Waals surface area contributed by atoms with E-state index in [0.29, 0.717) is 23.3 Å². The van der Waals surface area contributed by atoms with Crippen molar-refractivity contribution in [3.63, 3.8) is 0 Å². The van der Waals surface area contributed by atoms with Gasteiger partial charge in [-0.2, -0.15) is 0 Å². The Morgan fingerprint density at radius 2 is 1.69 bits per heavy atom. The molecule has 3 N–H and O–H groups in total. The second-order valence-electron chi connectivity index (χ2n) is 6.40. The van der Waals surface area contributed by atoms with Crippen LogP contribution in [-0.4, -0.2) is 36.5 Å². The van der Waals surface area contributed by atoms with Crippen molar-refractivity contribution >= 4 is 23.9 Å². The first-order valence-electron chi connectivity index (χ1n) is 9.13. The summed E-state index contributed by atoms with van der Waals surface area (Å²) in [7, 11) is 1.56. The zero-order valence-corrected chi connectivity index (χ0v) is 16.4. The van der Waals surface area contributed by atoms with Crippen LogP contribution in [0.5, 0.6) is 5.75 Å². The summed E-state index contributed by atoms with van der Waals surface area (Å²) in [6, 6.07) is 14.0. The second-order valence-corrected chi connectivity index (χ2v) is 6.40. The highest BCUT2D eigenvalue weighted by Crippen LogP contribution is 2.14. The quantitative estimate of drug-likeness (QED) is 0.447. The van der Waals surface area contributed by atoms with Gasteiger partial charge in [0, 0.05) is 18.5 Å². The number of methoxy groups -OCH3 is 1. The zero-order chi connectivity index (χ0) is 21.2. The highest BCUT2D eigenvalue weighted by molar-refractivity contribution is 6.05. The molecule has 0 atom stereocenters. The lowest BCUT2D eigenvalue weighted by Gasteiger charge is -2.11. The molecule has 0 aromatic heterocycles. The van der Waals surface area contributed by atoms with Crippen LogP contribution in [-0.2, 0) is 9.59 Å².